The van der Waals surface area contributed by atoms with Crippen LogP contribution in [0.5, 0.6) is 0 Å². The van der Waals surface area contributed by atoms with Gasteiger partial charge in [-0.15, -0.1) is 0 Å². The lowest BCUT2D eigenvalue weighted by molar-refractivity contribution is -0.148. The van der Waals surface area contributed by atoms with E-state index in [4.69, 9.17) is 4.74 Å². The van der Waals surface area contributed by atoms with E-state index in [1.54, 1.807) is 4.90 Å². The molecule has 2 fully saturated rings. The largest absolute Gasteiger partial charge is 0.481 e. The van der Waals surface area contributed by atoms with Gasteiger partial charge in [-0.2, -0.15) is 0 Å². The van der Waals surface area contributed by atoms with E-state index >= 15 is 0 Å². The molecule has 0 spiro atoms. The van der Waals surface area contributed by atoms with Crippen molar-refractivity contribution in [2.45, 2.75) is 25.7 Å². The lowest BCUT2D eigenvalue weighted by Crippen LogP contribution is -2.46. The fourth-order valence-electron chi connectivity index (χ4n) is 5.46. The van der Waals surface area contributed by atoms with E-state index in [1.165, 1.54) is 22.3 Å². The first-order valence-electron chi connectivity index (χ1n) is 12.0. The first kappa shape index (κ1) is 22.4. The first-order valence-corrected chi connectivity index (χ1v) is 12.0. The summed E-state index contributed by atoms with van der Waals surface area (Å²) in [7, 11) is 0. The summed E-state index contributed by atoms with van der Waals surface area (Å²) in [6.45, 7) is 3.46. The van der Waals surface area contributed by atoms with Crippen molar-refractivity contribution < 1.29 is 24.2 Å². The number of carbonyl (C=O) groups excluding carboxylic acids is 2. The van der Waals surface area contributed by atoms with Gasteiger partial charge in [0, 0.05) is 31.5 Å². The number of carbonyl (C=O) groups is 3. The summed E-state index contributed by atoms with van der Waals surface area (Å²) in [6.07, 6.45) is 0.947. The van der Waals surface area contributed by atoms with E-state index in [0.717, 1.165) is 0 Å². The van der Waals surface area contributed by atoms with Gasteiger partial charge in [0.05, 0.1) is 5.92 Å². The highest BCUT2D eigenvalue weighted by Gasteiger charge is 2.46. The summed E-state index contributed by atoms with van der Waals surface area (Å²) >= 11 is 0. The topological polar surface area (TPSA) is 95.9 Å². The number of carboxylic acid groups (broad SMARTS) is 1. The minimum Gasteiger partial charge on any atom is -0.481 e. The molecule has 0 radical (unpaired) electrons. The number of fused-ring (bicyclic) bond motifs is 3. The summed E-state index contributed by atoms with van der Waals surface area (Å²) in [4.78, 5) is 38.4. The Morgan fingerprint density at radius 3 is 2.32 bits per heavy atom. The van der Waals surface area contributed by atoms with E-state index in [9.17, 15) is 19.5 Å². The second kappa shape index (κ2) is 9.12. The summed E-state index contributed by atoms with van der Waals surface area (Å²) in [5.41, 5.74) is 4.70. The monoisotopic (exact) mass is 462 g/mol. The van der Waals surface area contributed by atoms with Crippen LogP contribution in [0, 0.1) is 23.7 Å². The summed E-state index contributed by atoms with van der Waals surface area (Å²) < 4.78 is 5.57. The van der Waals surface area contributed by atoms with Crippen molar-refractivity contribution in [2.75, 3.05) is 26.2 Å². The van der Waals surface area contributed by atoms with Crippen LogP contribution in [0.15, 0.2) is 48.5 Å². The Hall–Kier alpha value is -3.35. The van der Waals surface area contributed by atoms with Gasteiger partial charge in [0.1, 0.15) is 6.61 Å². The van der Waals surface area contributed by atoms with Crippen molar-refractivity contribution in [1.29, 1.82) is 0 Å². The molecule has 3 aliphatic rings. The summed E-state index contributed by atoms with van der Waals surface area (Å²) in [5.74, 6) is -1.31. The van der Waals surface area contributed by atoms with Gasteiger partial charge in [-0.05, 0) is 46.9 Å². The standard InChI is InChI=1S/C27H30N2O5/c1-16-10-11-29(14-23(16)26(31)32)25(30)22-12-17(22)13-28-27(33)34-15-24-20-8-4-2-6-18(20)19-7-3-5-9-21(19)24/h2-9,16-17,22-24H,10-15H2,1H3,(H,28,33)(H,31,32)/t16?,17-,22-,23?/m0/s1. The summed E-state index contributed by atoms with van der Waals surface area (Å²) in [6, 6.07) is 16.4. The van der Waals surface area contributed by atoms with Crippen molar-refractivity contribution in [3.8, 4) is 11.1 Å². The van der Waals surface area contributed by atoms with E-state index in [2.05, 4.69) is 29.6 Å². The predicted molar refractivity (Wildman–Crippen MR) is 126 cm³/mol. The van der Waals surface area contributed by atoms with E-state index < -0.39 is 18.0 Å². The molecule has 178 valence electrons. The number of ether oxygens (including phenoxy) is 1. The third-order valence-corrected chi connectivity index (χ3v) is 7.68. The number of nitrogens with zero attached hydrogens (tertiary/aromatic N) is 1. The predicted octanol–water partition coefficient (Wildman–Crippen LogP) is 3.73. The molecule has 1 heterocycles. The minimum atomic E-state index is -0.839. The van der Waals surface area contributed by atoms with Gasteiger partial charge in [0.25, 0.3) is 0 Å². The average molecular weight is 463 g/mol. The molecule has 7 nitrogen and oxygen atoms in total. The van der Waals surface area contributed by atoms with Crippen LogP contribution < -0.4 is 5.32 Å². The summed E-state index contributed by atoms with van der Waals surface area (Å²) in [5, 5.41) is 12.2. The van der Waals surface area contributed by atoms with Crippen LogP contribution in [-0.4, -0.2) is 54.2 Å². The van der Waals surface area contributed by atoms with Gasteiger partial charge >= 0.3 is 12.1 Å². The Morgan fingerprint density at radius 2 is 1.68 bits per heavy atom. The second-order valence-corrected chi connectivity index (χ2v) is 9.80. The third-order valence-electron chi connectivity index (χ3n) is 7.68. The maximum absolute atomic E-state index is 12.8. The van der Waals surface area contributed by atoms with E-state index in [0.29, 0.717) is 25.9 Å². The number of likely N-dealkylation sites (tertiary alicyclic amines) is 1. The van der Waals surface area contributed by atoms with E-state index in [-0.39, 0.29) is 42.7 Å². The van der Waals surface area contributed by atoms with Crippen LogP contribution >= 0.6 is 0 Å². The van der Waals surface area contributed by atoms with E-state index in [1.807, 2.05) is 31.2 Å². The number of benzene rings is 2. The van der Waals surface area contributed by atoms with Crippen molar-refractivity contribution >= 4 is 18.0 Å². The lowest BCUT2D eigenvalue weighted by atomic mass is 9.87. The van der Waals surface area contributed by atoms with Crippen LogP contribution in [0.4, 0.5) is 4.79 Å². The maximum atomic E-state index is 12.8. The highest BCUT2D eigenvalue weighted by Crippen LogP contribution is 2.44. The molecule has 2 aliphatic carbocycles. The molecule has 2 aromatic rings. The molecule has 7 heteroatoms. The molecule has 0 bridgehead atoms. The molecule has 2 N–H and O–H groups in total. The lowest BCUT2D eigenvalue weighted by Gasteiger charge is -2.35. The number of hydrogen-bond acceptors (Lipinski definition) is 4. The fourth-order valence-corrected chi connectivity index (χ4v) is 5.46. The van der Waals surface area contributed by atoms with Gasteiger partial charge in [-0.3, -0.25) is 9.59 Å². The number of aliphatic carboxylic acids is 1. The van der Waals surface area contributed by atoms with Crippen molar-refractivity contribution in [2.24, 2.45) is 23.7 Å². The van der Waals surface area contributed by atoms with Crippen LogP contribution in [-0.2, 0) is 14.3 Å². The Balaban J connectivity index is 1.10. The van der Waals surface area contributed by atoms with Crippen LogP contribution in [0.2, 0.25) is 0 Å². The number of alkyl carbamates (subject to hydrolysis) is 1. The van der Waals surface area contributed by atoms with Crippen molar-refractivity contribution in [3.63, 3.8) is 0 Å². The van der Waals surface area contributed by atoms with Gasteiger partial charge in [0.15, 0.2) is 0 Å². The Kier molecular flexibility index (Phi) is 6.02. The second-order valence-electron chi connectivity index (χ2n) is 9.80. The highest BCUT2D eigenvalue weighted by molar-refractivity contribution is 5.83. The number of amides is 2. The van der Waals surface area contributed by atoms with Gasteiger partial charge in [-0.25, -0.2) is 4.79 Å². The quantitative estimate of drug-likeness (QED) is 0.682. The maximum Gasteiger partial charge on any atom is 0.407 e. The number of hydrogen-bond donors (Lipinski definition) is 2. The van der Waals surface area contributed by atoms with Crippen molar-refractivity contribution in [1.82, 2.24) is 10.2 Å². The molecule has 2 amide bonds. The number of rotatable bonds is 6. The SMILES string of the molecule is CC1CCN(C(=O)[C@H]2C[C@H]2CNC(=O)OCC2c3ccccc3-c3ccccc32)CC1C(=O)O. The van der Waals surface area contributed by atoms with Crippen molar-refractivity contribution in [3.05, 3.63) is 59.7 Å². The Labute approximate surface area is 199 Å². The van der Waals surface area contributed by atoms with Gasteiger partial charge in [-0.1, -0.05) is 55.5 Å². The number of nitrogens with one attached hydrogen (secondary N) is 1. The molecular formula is C27H30N2O5. The van der Waals surface area contributed by atoms with Crippen LogP contribution in [0.1, 0.15) is 36.8 Å². The molecule has 34 heavy (non-hydrogen) atoms. The molecule has 2 unspecified atom stereocenters. The zero-order valence-corrected chi connectivity index (χ0v) is 19.3. The fraction of sp³-hybridized carbons (Fsp3) is 0.444. The van der Waals surface area contributed by atoms with Crippen LogP contribution in [0.3, 0.4) is 0 Å². The normalized spacial score (nSPS) is 25.3. The average Bonchev–Trinajstić information content (AvgIpc) is 3.56. The molecule has 1 aliphatic heterocycles. The molecular weight excluding hydrogens is 432 g/mol. The Morgan fingerprint density at radius 1 is 1.03 bits per heavy atom. The number of piperidine rings is 1. The third kappa shape index (κ3) is 4.27. The first-order chi connectivity index (χ1) is 16.4. The van der Waals surface area contributed by atoms with Crippen LogP contribution in [0.25, 0.3) is 11.1 Å². The number of carboxylic acids is 1. The Bertz CT molecular complexity index is 1070. The zero-order valence-electron chi connectivity index (χ0n) is 19.3. The molecule has 0 aromatic heterocycles. The minimum absolute atomic E-state index is 0.0112. The molecule has 2 aromatic carbocycles. The smallest absolute Gasteiger partial charge is 0.407 e. The molecule has 1 saturated heterocycles. The van der Waals surface area contributed by atoms with Gasteiger partial charge in [0.2, 0.25) is 5.91 Å². The van der Waals surface area contributed by atoms with Gasteiger partial charge < -0.3 is 20.1 Å². The molecule has 1 saturated carbocycles. The molecule has 4 atom stereocenters. The zero-order chi connectivity index (χ0) is 23.8. The molecule has 5 rings (SSSR count). The highest BCUT2D eigenvalue weighted by atomic mass is 16.5.